The fraction of sp³-hybridized carbons (Fsp3) is 0.240. The van der Waals surface area contributed by atoms with Gasteiger partial charge in [-0.25, -0.2) is 0 Å². The molecule has 0 saturated carbocycles. The second-order valence-electron chi connectivity index (χ2n) is 7.25. The van der Waals surface area contributed by atoms with Crippen LogP contribution in [0.25, 0.3) is 6.08 Å². The molecule has 0 atom stereocenters. The molecule has 0 aliphatic heterocycles. The summed E-state index contributed by atoms with van der Waals surface area (Å²) in [5.41, 5.74) is 4.73. The zero-order valence-corrected chi connectivity index (χ0v) is 17.6. The number of allylic oxidation sites excluding steroid dienone is 1. The summed E-state index contributed by atoms with van der Waals surface area (Å²) in [7, 11) is 1.66. The lowest BCUT2D eigenvalue weighted by Gasteiger charge is -2.12. The third-order valence-electron chi connectivity index (χ3n) is 5.18. The topological polar surface area (TPSA) is 35.5 Å². The van der Waals surface area contributed by atoms with E-state index in [-0.39, 0.29) is 5.78 Å². The molecule has 0 amide bonds. The Morgan fingerprint density at radius 3 is 2.72 bits per heavy atom. The van der Waals surface area contributed by atoms with Crippen LogP contribution in [0.15, 0.2) is 54.6 Å². The molecule has 1 aliphatic carbocycles. The third kappa shape index (κ3) is 4.60. The first kappa shape index (κ1) is 19.5. The minimum absolute atomic E-state index is 0.0230. The van der Waals surface area contributed by atoms with Crippen LogP contribution >= 0.6 is 11.3 Å². The highest BCUT2D eigenvalue weighted by Gasteiger charge is 2.12. The quantitative estimate of drug-likeness (QED) is 0.356. The maximum absolute atomic E-state index is 12.3. The SMILES string of the molecule is COc1ccc(/C=C/C(=O)c2ccc(C)s2)cc1COc1ccc2c(c1)CCC2. The van der Waals surface area contributed by atoms with Crippen molar-refractivity contribution in [3.63, 3.8) is 0 Å². The zero-order valence-electron chi connectivity index (χ0n) is 16.7. The van der Waals surface area contributed by atoms with Gasteiger partial charge in [-0.05, 0) is 85.4 Å². The lowest BCUT2D eigenvalue weighted by atomic mass is 10.1. The maximum atomic E-state index is 12.3. The number of ketones is 1. The molecule has 1 aliphatic rings. The molecule has 1 heterocycles. The number of hydrogen-bond donors (Lipinski definition) is 0. The summed E-state index contributed by atoms with van der Waals surface area (Å²) in [6, 6.07) is 16.1. The minimum atomic E-state index is 0.0230. The van der Waals surface area contributed by atoms with E-state index >= 15 is 0 Å². The largest absolute Gasteiger partial charge is 0.496 e. The van der Waals surface area contributed by atoms with E-state index in [0.717, 1.165) is 38.8 Å². The molecule has 0 spiro atoms. The fourth-order valence-electron chi connectivity index (χ4n) is 3.64. The van der Waals surface area contributed by atoms with Gasteiger partial charge in [0.15, 0.2) is 5.78 Å². The second kappa shape index (κ2) is 8.66. The Labute approximate surface area is 175 Å². The molecule has 2 aromatic carbocycles. The molecule has 29 heavy (non-hydrogen) atoms. The van der Waals surface area contributed by atoms with Crippen molar-refractivity contribution in [2.75, 3.05) is 7.11 Å². The van der Waals surface area contributed by atoms with Gasteiger partial charge in [-0.3, -0.25) is 4.79 Å². The van der Waals surface area contributed by atoms with E-state index in [1.807, 2.05) is 49.4 Å². The summed E-state index contributed by atoms with van der Waals surface area (Å²) in [6.07, 6.45) is 6.99. The van der Waals surface area contributed by atoms with Crippen LogP contribution in [0.1, 0.15) is 43.2 Å². The maximum Gasteiger partial charge on any atom is 0.195 e. The number of thiophene rings is 1. The van der Waals surface area contributed by atoms with E-state index in [2.05, 4.69) is 12.1 Å². The van der Waals surface area contributed by atoms with Crippen molar-refractivity contribution in [2.24, 2.45) is 0 Å². The Balaban J connectivity index is 1.47. The summed E-state index contributed by atoms with van der Waals surface area (Å²) in [5.74, 6) is 1.69. The third-order valence-corrected chi connectivity index (χ3v) is 6.19. The first-order valence-electron chi connectivity index (χ1n) is 9.83. The van der Waals surface area contributed by atoms with Crippen LogP contribution in [0.5, 0.6) is 11.5 Å². The zero-order chi connectivity index (χ0) is 20.2. The fourth-order valence-corrected chi connectivity index (χ4v) is 4.42. The summed E-state index contributed by atoms with van der Waals surface area (Å²) in [4.78, 5) is 14.2. The minimum Gasteiger partial charge on any atom is -0.496 e. The highest BCUT2D eigenvalue weighted by molar-refractivity contribution is 7.14. The second-order valence-corrected chi connectivity index (χ2v) is 8.54. The highest BCUT2D eigenvalue weighted by Crippen LogP contribution is 2.28. The number of hydrogen-bond acceptors (Lipinski definition) is 4. The van der Waals surface area contributed by atoms with Crippen molar-refractivity contribution in [3.8, 4) is 11.5 Å². The Morgan fingerprint density at radius 2 is 1.93 bits per heavy atom. The lowest BCUT2D eigenvalue weighted by molar-refractivity contribution is 0.105. The first-order chi connectivity index (χ1) is 14.1. The summed E-state index contributed by atoms with van der Waals surface area (Å²) < 4.78 is 11.5. The molecule has 4 heteroatoms. The lowest BCUT2D eigenvalue weighted by Crippen LogP contribution is -2.00. The van der Waals surface area contributed by atoms with Crippen molar-refractivity contribution in [2.45, 2.75) is 32.8 Å². The van der Waals surface area contributed by atoms with Gasteiger partial charge in [0.25, 0.3) is 0 Å². The van der Waals surface area contributed by atoms with Crippen molar-refractivity contribution in [1.29, 1.82) is 0 Å². The molecule has 148 valence electrons. The van der Waals surface area contributed by atoms with Crippen LogP contribution in [0.2, 0.25) is 0 Å². The normalized spacial score (nSPS) is 12.9. The Morgan fingerprint density at radius 1 is 1.07 bits per heavy atom. The number of benzene rings is 2. The molecule has 0 N–H and O–H groups in total. The average Bonchev–Trinajstić information content (AvgIpc) is 3.38. The Hall–Kier alpha value is -2.85. The van der Waals surface area contributed by atoms with Gasteiger partial charge in [-0.1, -0.05) is 18.2 Å². The van der Waals surface area contributed by atoms with E-state index in [1.54, 1.807) is 13.2 Å². The summed E-state index contributed by atoms with van der Waals surface area (Å²) in [6.45, 7) is 2.42. The monoisotopic (exact) mass is 404 g/mol. The van der Waals surface area contributed by atoms with Gasteiger partial charge in [0.05, 0.1) is 12.0 Å². The number of aryl methyl sites for hydroxylation is 3. The van der Waals surface area contributed by atoms with Crippen molar-refractivity contribution >= 4 is 23.2 Å². The van der Waals surface area contributed by atoms with Crippen LogP contribution < -0.4 is 9.47 Å². The molecule has 4 rings (SSSR count). The molecule has 3 nitrogen and oxygen atoms in total. The number of rotatable bonds is 7. The van der Waals surface area contributed by atoms with Crippen molar-refractivity contribution in [3.05, 3.63) is 86.6 Å². The standard InChI is InChI=1S/C25H24O3S/c1-17-6-13-25(29-17)23(26)11-7-18-8-12-24(27-2)21(14-18)16-28-22-10-9-19-4-3-5-20(19)15-22/h6-15H,3-5,16H2,1-2H3/b11-7+. The van der Waals surface area contributed by atoms with Crippen molar-refractivity contribution < 1.29 is 14.3 Å². The van der Waals surface area contributed by atoms with Crippen LogP contribution in [-0.2, 0) is 19.4 Å². The predicted molar refractivity (Wildman–Crippen MR) is 118 cm³/mol. The average molecular weight is 405 g/mol. The number of carbonyl (C=O) groups excluding carboxylic acids is 1. The molecular formula is C25H24O3S. The Bertz CT molecular complexity index is 1060. The molecule has 0 bridgehead atoms. The molecule has 0 saturated heterocycles. The van der Waals surface area contributed by atoms with Gasteiger partial charge in [0.1, 0.15) is 18.1 Å². The highest BCUT2D eigenvalue weighted by atomic mass is 32.1. The summed E-state index contributed by atoms with van der Waals surface area (Å²) >= 11 is 1.51. The number of ether oxygens (including phenoxy) is 2. The molecule has 1 aromatic heterocycles. The number of methoxy groups -OCH3 is 1. The van der Waals surface area contributed by atoms with E-state index in [1.165, 1.54) is 35.3 Å². The van der Waals surface area contributed by atoms with E-state index in [9.17, 15) is 4.79 Å². The molecule has 0 radical (unpaired) electrons. The molecule has 0 fully saturated rings. The Kier molecular flexibility index (Phi) is 5.81. The van der Waals surface area contributed by atoms with Gasteiger partial charge < -0.3 is 9.47 Å². The molecule has 3 aromatic rings. The van der Waals surface area contributed by atoms with E-state index < -0.39 is 0 Å². The molecular weight excluding hydrogens is 380 g/mol. The van der Waals surface area contributed by atoms with Crippen LogP contribution in [-0.4, -0.2) is 12.9 Å². The number of carbonyl (C=O) groups is 1. The van der Waals surface area contributed by atoms with Gasteiger partial charge in [0, 0.05) is 10.4 Å². The van der Waals surface area contributed by atoms with E-state index in [4.69, 9.17) is 9.47 Å². The smallest absolute Gasteiger partial charge is 0.195 e. The van der Waals surface area contributed by atoms with Gasteiger partial charge in [0.2, 0.25) is 0 Å². The van der Waals surface area contributed by atoms with Gasteiger partial charge in [-0.15, -0.1) is 11.3 Å². The van der Waals surface area contributed by atoms with Gasteiger partial charge >= 0.3 is 0 Å². The van der Waals surface area contributed by atoms with Gasteiger partial charge in [-0.2, -0.15) is 0 Å². The predicted octanol–water partition coefficient (Wildman–Crippen LogP) is 6.03. The van der Waals surface area contributed by atoms with Crippen molar-refractivity contribution in [1.82, 2.24) is 0 Å². The van der Waals surface area contributed by atoms with Crippen LogP contribution in [0.3, 0.4) is 0 Å². The number of fused-ring (bicyclic) bond motifs is 1. The van der Waals surface area contributed by atoms with Crippen LogP contribution in [0, 0.1) is 6.92 Å². The summed E-state index contributed by atoms with van der Waals surface area (Å²) in [5, 5.41) is 0. The molecule has 0 unspecified atom stereocenters. The van der Waals surface area contributed by atoms with Crippen LogP contribution in [0.4, 0.5) is 0 Å². The van der Waals surface area contributed by atoms with E-state index in [0.29, 0.717) is 6.61 Å². The first-order valence-corrected chi connectivity index (χ1v) is 10.6.